The second kappa shape index (κ2) is 10.7. The molecule has 0 unspecified atom stereocenters. The Kier molecular flexibility index (Phi) is 8.37. The van der Waals surface area contributed by atoms with Gasteiger partial charge in [-0.1, -0.05) is 30.3 Å². The zero-order chi connectivity index (χ0) is 19.9. The number of halogens is 2. The van der Waals surface area contributed by atoms with E-state index in [9.17, 15) is 4.39 Å². The number of guanidine groups is 1. The van der Waals surface area contributed by atoms with Crippen molar-refractivity contribution in [2.75, 3.05) is 14.1 Å². The van der Waals surface area contributed by atoms with E-state index < -0.39 is 5.82 Å². The zero-order valence-electron chi connectivity index (χ0n) is 16.5. The summed E-state index contributed by atoms with van der Waals surface area (Å²) >= 11 is 0. The summed E-state index contributed by atoms with van der Waals surface area (Å²) in [4.78, 5) is 10.5. The summed E-state index contributed by atoms with van der Waals surface area (Å²) in [6.07, 6.45) is 1.52. The number of para-hydroxylation sites is 2. The maximum absolute atomic E-state index is 13.9. The van der Waals surface area contributed by atoms with Gasteiger partial charge in [0.05, 0.1) is 6.54 Å². The van der Waals surface area contributed by atoms with Crippen LogP contribution < -0.4 is 10.1 Å². The molecule has 0 aliphatic carbocycles. The second-order valence-electron chi connectivity index (χ2n) is 6.20. The van der Waals surface area contributed by atoms with E-state index in [0.717, 1.165) is 11.4 Å². The van der Waals surface area contributed by atoms with E-state index in [1.807, 2.05) is 43.3 Å². The van der Waals surface area contributed by atoms with Gasteiger partial charge in [0.25, 0.3) is 0 Å². The normalized spacial score (nSPS) is 11.0. The largest absolute Gasteiger partial charge is 0.454 e. The van der Waals surface area contributed by atoms with Crippen molar-refractivity contribution in [2.24, 2.45) is 12.0 Å². The molecule has 0 amide bonds. The van der Waals surface area contributed by atoms with Crippen molar-refractivity contribution in [3.05, 3.63) is 72.1 Å². The number of ether oxygens (including phenoxy) is 1. The fraction of sp³-hybridized carbons (Fsp3) is 0.250. The molecule has 3 aromatic rings. The first-order valence-electron chi connectivity index (χ1n) is 8.83. The van der Waals surface area contributed by atoms with Crippen LogP contribution >= 0.6 is 24.0 Å². The van der Waals surface area contributed by atoms with Crippen molar-refractivity contribution in [3.8, 4) is 11.5 Å². The van der Waals surface area contributed by atoms with Crippen LogP contribution in [0.2, 0.25) is 0 Å². The Morgan fingerprint density at radius 3 is 2.52 bits per heavy atom. The van der Waals surface area contributed by atoms with E-state index in [0.29, 0.717) is 24.8 Å². The molecule has 0 spiro atoms. The third kappa shape index (κ3) is 5.89. The van der Waals surface area contributed by atoms with Gasteiger partial charge in [-0.2, -0.15) is 5.10 Å². The summed E-state index contributed by atoms with van der Waals surface area (Å²) < 4.78 is 21.4. The van der Waals surface area contributed by atoms with Gasteiger partial charge in [-0.15, -0.1) is 24.0 Å². The molecule has 0 saturated heterocycles. The lowest BCUT2D eigenvalue weighted by atomic mass is 10.2. The number of nitrogens with one attached hydrogen (secondary N) is 1. The second-order valence-corrected chi connectivity index (χ2v) is 6.20. The Labute approximate surface area is 186 Å². The van der Waals surface area contributed by atoms with Crippen molar-refractivity contribution >= 4 is 29.9 Å². The monoisotopic (exact) mass is 510 g/mol. The lowest BCUT2D eigenvalue weighted by Crippen LogP contribution is -2.38. The molecule has 1 N–H and O–H groups in total. The highest BCUT2D eigenvalue weighted by Crippen LogP contribution is 2.27. The van der Waals surface area contributed by atoms with Gasteiger partial charge in [0.1, 0.15) is 17.9 Å². The van der Waals surface area contributed by atoms with E-state index >= 15 is 0 Å². The Hall–Kier alpha value is -2.69. The Balaban J connectivity index is 0.00000300. The quantitative estimate of drug-likeness (QED) is 0.312. The lowest BCUT2D eigenvalue weighted by molar-refractivity contribution is 0.433. The van der Waals surface area contributed by atoms with E-state index in [4.69, 9.17) is 4.74 Å². The maximum Gasteiger partial charge on any atom is 0.194 e. The van der Waals surface area contributed by atoms with Gasteiger partial charge < -0.3 is 15.0 Å². The number of hydrogen-bond acceptors (Lipinski definition) is 4. The molecule has 0 radical (unpaired) electrons. The van der Waals surface area contributed by atoms with Gasteiger partial charge in [0, 0.05) is 33.3 Å². The van der Waals surface area contributed by atoms with Crippen LogP contribution in [0, 0.1) is 5.82 Å². The number of rotatable bonds is 6. The summed E-state index contributed by atoms with van der Waals surface area (Å²) in [7, 11) is 5.49. The Bertz CT molecular complexity index is 961. The highest BCUT2D eigenvalue weighted by molar-refractivity contribution is 14.0. The molecule has 1 heterocycles. The van der Waals surface area contributed by atoms with Crippen LogP contribution in [-0.4, -0.2) is 39.7 Å². The summed E-state index contributed by atoms with van der Waals surface area (Å²) in [6.45, 7) is 1.03. The fourth-order valence-electron chi connectivity index (χ4n) is 2.70. The van der Waals surface area contributed by atoms with Crippen LogP contribution in [0.4, 0.5) is 4.39 Å². The average Bonchev–Trinajstić information content (AvgIpc) is 3.10. The van der Waals surface area contributed by atoms with Crippen molar-refractivity contribution in [2.45, 2.75) is 13.1 Å². The predicted molar refractivity (Wildman–Crippen MR) is 121 cm³/mol. The van der Waals surface area contributed by atoms with Crippen LogP contribution in [0.3, 0.4) is 0 Å². The standard InChI is InChI=1S/C20H23FN6O.HI/c1-22-20(26(2)13-19-24-14-25-27(19)3)23-12-15-8-4-6-10-17(15)28-18-11-7-5-9-16(18)21;/h4-11,14H,12-13H2,1-3H3,(H,22,23);1H. The van der Waals surface area contributed by atoms with Crippen molar-refractivity contribution in [1.82, 2.24) is 25.0 Å². The van der Waals surface area contributed by atoms with E-state index in [-0.39, 0.29) is 29.7 Å². The van der Waals surface area contributed by atoms with Crippen molar-refractivity contribution in [1.29, 1.82) is 0 Å². The predicted octanol–water partition coefficient (Wildman–Crippen LogP) is 3.57. The van der Waals surface area contributed by atoms with Crippen molar-refractivity contribution < 1.29 is 9.13 Å². The molecule has 0 fully saturated rings. The molecular formula is C20H24FIN6O. The third-order valence-electron chi connectivity index (χ3n) is 4.22. The van der Waals surface area contributed by atoms with Crippen LogP contribution in [0.5, 0.6) is 11.5 Å². The highest BCUT2D eigenvalue weighted by atomic mass is 127. The van der Waals surface area contributed by atoms with E-state index in [1.165, 1.54) is 12.4 Å². The molecule has 0 aliphatic heterocycles. The minimum absolute atomic E-state index is 0. The fourth-order valence-corrected chi connectivity index (χ4v) is 2.70. The van der Waals surface area contributed by atoms with Gasteiger partial charge in [0.2, 0.25) is 0 Å². The first kappa shape index (κ1) is 22.6. The van der Waals surface area contributed by atoms with Crippen molar-refractivity contribution in [3.63, 3.8) is 0 Å². The summed E-state index contributed by atoms with van der Waals surface area (Å²) in [5.74, 6) is 1.91. The number of aromatic nitrogens is 3. The molecule has 0 saturated carbocycles. The third-order valence-corrected chi connectivity index (χ3v) is 4.22. The lowest BCUT2D eigenvalue weighted by Gasteiger charge is -2.22. The summed E-state index contributed by atoms with van der Waals surface area (Å²) in [5.41, 5.74) is 0.888. The minimum Gasteiger partial charge on any atom is -0.454 e. The SMILES string of the molecule is CN=C(NCc1ccccc1Oc1ccccc1F)N(C)Cc1ncnn1C.I. The molecule has 0 atom stereocenters. The maximum atomic E-state index is 13.9. The van der Waals surface area contributed by atoms with E-state index in [2.05, 4.69) is 20.4 Å². The first-order valence-corrected chi connectivity index (χ1v) is 8.83. The molecule has 3 rings (SSSR count). The number of nitrogens with zero attached hydrogens (tertiary/aromatic N) is 5. The smallest absolute Gasteiger partial charge is 0.194 e. The van der Waals surface area contributed by atoms with Gasteiger partial charge in [-0.3, -0.25) is 9.67 Å². The minimum atomic E-state index is -0.399. The molecule has 0 aliphatic rings. The molecule has 154 valence electrons. The molecule has 9 heteroatoms. The highest BCUT2D eigenvalue weighted by Gasteiger charge is 2.12. The topological polar surface area (TPSA) is 67.6 Å². The van der Waals surface area contributed by atoms with Crippen LogP contribution in [0.1, 0.15) is 11.4 Å². The van der Waals surface area contributed by atoms with Crippen LogP contribution in [0.25, 0.3) is 0 Å². The zero-order valence-corrected chi connectivity index (χ0v) is 18.9. The first-order chi connectivity index (χ1) is 13.6. The molecule has 2 aromatic carbocycles. The number of aliphatic imine (C=N–C) groups is 1. The molecule has 29 heavy (non-hydrogen) atoms. The van der Waals surface area contributed by atoms with Gasteiger partial charge in [0.15, 0.2) is 17.5 Å². The summed E-state index contributed by atoms with van der Waals surface area (Å²) in [6, 6.07) is 13.9. The van der Waals surface area contributed by atoms with Crippen LogP contribution in [-0.2, 0) is 20.1 Å². The average molecular weight is 510 g/mol. The number of hydrogen-bond donors (Lipinski definition) is 1. The van der Waals surface area contributed by atoms with E-state index in [1.54, 1.807) is 29.9 Å². The molecular weight excluding hydrogens is 486 g/mol. The van der Waals surface area contributed by atoms with Gasteiger partial charge in [-0.05, 0) is 18.2 Å². The van der Waals surface area contributed by atoms with Crippen LogP contribution in [0.15, 0.2) is 59.9 Å². The Morgan fingerprint density at radius 2 is 1.86 bits per heavy atom. The van der Waals surface area contributed by atoms with Gasteiger partial charge in [-0.25, -0.2) is 9.37 Å². The number of aryl methyl sites for hydroxylation is 1. The van der Waals surface area contributed by atoms with Gasteiger partial charge >= 0.3 is 0 Å². The number of benzene rings is 2. The molecule has 0 bridgehead atoms. The summed E-state index contributed by atoms with van der Waals surface area (Å²) in [5, 5.41) is 7.38. The molecule has 1 aromatic heterocycles. The Morgan fingerprint density at radius 1 is 1.17 bits per heavy atom. The molecule has 7 nitrogen and oxygen atoms in total.